The number of hydrogen-bond acceptors (Lipinski definition) is 2. The van der Waals surface area contributed by atoms with E-state index in [1.807, 2.05) is 24.3 Å². The van der Waals surface area contributed by atoms with Gasteiger partial charge >= 0.3 is 0 Å². The van der Waals surface area contributed by atoms with Crippen LogP contribution in [-0.4, -0.2) is 18.4 Å². The summed E-state index contributed by atoms with van der Waals surface area (Å²) in [5.41, 5.74) is 1.58. The number of amides is 2. The number of nitrogens with zero attached hydrogens (tertiary/aromatic N) is 1. The first-order chi connectivity index (χ1) is 9.16. The van der Waals surface area contributed by atoms with E-state index < -0.39 is 0 Å². The molecule has 4 heteroatoms. The van der Waals surface area contributed by atoms with Gasteiger partial charge in [-0.05, 0) is 30.9 Å². The molecular formula is C15H18N2O2. The Labute approximate surface area is 112 Å². The number of benzene rings is 1. The first kappa shape index (κ1) is 12.2. The molecule has 0 spiro atoms. The van der Waals surface area contributed by atoms with Crippen LogP contribution in [0.15, 0.2) is 24.3 Å². The molecule has 1 saturated heterocycles. The molecule has 0 radical (unpaired) electrons. The summed E-state index contributed by atoms with van der Waals surface area (Å²) in [5.74, 6) is 0.844. The lowest BCUT2D eigenvalue weighted by molar-refractivity contribution is -0.118. The van der Waals surface area contributed by atoms with E-state index in [-0.39, 0.29) is 17.7 Å². The average molecular weight is 258 g/mol. The lowest BCUT2D eigenvalue weighted by atomic mass is 10.2. The molecule has 2 fully saturated rings. The topological polar surface area (TPSA) is 49.4 Å². The second-order valence-corrected chi connectivity index (χ2v) is 5.47. The van der Waals surface area contributed by atoms with E-state index in [4.69, 9.17) is 0 Å². The fourth-order valence-electron chi connectivity index (χ4n) is 2.63. The number of anilines is 2. The van der Waals surface area contributed by atoms with Gasteiger partial charge in [0.15, 0.2) is 0 Å². The fourth-order valence-corrected chi connectivity index (χ4v) is 2.63. The van der Waals surface area contributed by atoms with E-state index in [9.17, 15) is 9.59 Å². The van der Waals surface area contributed by atoms with Crippen LogP contribution in [0.25, 0.3) is 0 Å². The predicted molar refractivity (Wildman–Crippen MR) is 73.9 cm³/mol. The molecule has 1 aliphatic carbocycles. The van der Waals surface area contributed by atoms with Crippen LogP contribution in [0.3, 0.4) is 0 Å². The van der Waals surface area contributed by atoms with Gasteiger partial charge in [0.2, 0.25) is 11.8 Å². The van der Waals surface area contributed by atoms with E-state index in [0.29, 0.717) is 12.3 Å². The molecule has 2 aliphatic rings. The van der Waals surface area contributed by atoms with E-state index in [1.54, 1.807) is 4.90 Å². The molecule has 1 aromatic rings. The van der Waals surface area contributed by atoms with Gasteiger partial charge in [-0.3, -0.25) is 9.59 Å². The lowest BCUT2D eigenvalue weighted by Crippen LogP contribution is -2.26. The maximum Gasteiger partial charge on any atom is 0.227 e. The summed E-state index contributed by atoms with van der Waals surface area (Å²) in [6.45, 7) is 2.83. The predicted octanol–water partition coefficient (Wildman–Crippen LogP) is 2.41. The van der Waals surface area contributed by atoms with E-state index in [1.165, 1.54) is 0 Å². The van der Waals surface area contributed by atoms with Crippen molar-refractivity contribution in [1.82, 2.24) is 0 Å². The van der Waals surface area contributed by atoms with Gasteiger partial charge in [0.05, 0.1) is 11.4 Å². The molecule has 100 valence electrons. The molecule has 2 unspecified atom stereocenters. The molecule has 3 rings (SSSR count). The third kappa shape index (κ3) is 2.35. The largest absolute Gasteiger partial charge is 0.324 e. The number of carbonyl (C=O) groups excluding carboxylic acids is 2. The van der Waals surface area contributed by atoms with Gasteiger partial charge in [-0.1, -0.05) is 19.1 Å². The van der Waals surface area contributed by atoms with Crippen LogP contribution in [0.4, 0.5) is 11.4 Å². The van der Waals surface area contributed by atoms with Crippen LogP contribution in [0.2, 0.25) is 0 Å². The molecule has 1 saturated carbocycles. The minimum Gasteiger partial charge on any atom is -0.324 e. The van der Waals surface area contributed by atoms with Crippen molar-refractivity contribution in [2.24, 2.45) is 11.8 Å². The van der Waals surface area contributed by atoms with Gasteiger partial charge in [-0.25, -0.2) is 0 Å². The second-order valence-electron chi connectivity index (χ2n) is 5.47. The first-order valence-corrected chi connectivity index (χ1v) is 6.87. The van der Waals surface area contributed by atoms with Crippen molar-refractivity contribution in [2.75, 3.05) is 16.8 Å². The number of hydrogen-bond donors (Lipinski definition) is 1. The van der Waals surface area contributed by atoms with Crippen molar-refractivity contribution in [2.45, 2.75) is 26.2 Å². The Hall–Kier alpha value is -1.84. The Bertz CT molecular complexity index is 527. The first-order valence-electron chi connectivity index (χ1n) is 6.87. The Balaban J connectivity index is 1.81. The minimum atomic E-state index is 0.0756. The van der Waals surface area contributed by atoms with Gasteiger partial charge in [0, 0.05) is 18.9 Å². The number of carbonyl (C=O) groups is 2. The van der Waals surface area contributed by atoms with Gasteiger partial charge < -0.3 is 10.2 Å². The number of para-hydroxylation sites is 2. The van der Waals surface area contributed by atoms with E-state index in [2.05, 4.69) is 12.2 Å². The van der Waals surface area contributed by atoms with Crippen LogP contribution >= 0.6 is 0 Å². The molecule has 2 atom stereocenters. The van der Waals surface area contributed by atoms with Crippen molar-refractivity contribution in [3.05, 3.63) is 24.3 Å². The molecular weight excluding hydrogens is 240 g/mol. The zero-order valence-electron chi connectivity index (χ0n) is 11.1. The zero-order valence-corrected chi connectivity index (χ0v) is 11.1. The Morgan fingerprint density at radius 1 is 1.37 bits per heavy atom. The SMILES string of the molecule is CC1CC1C(=O)Nc1ccccc1N1CCCC1=O. The second kappa shape index (κ2) is 4.68. The summed E-state index contributed by atoms with van der Waals surface area (Å²) < 4.78 is 0. The summed E-state index contributed by atoms with van der Waals surface area (Å²) in [6.07, 6.45) is 2.46. The van der Waals surface area contributed by atoms with Crippen LogP contribution in [0, 0.1) is 11.8 Å². The highest BCUT2D eigenvalue weighted by Gasteiger charge is 2.39. The summed E-state index contributed by atoms with van der Waals surface area (Å²) in [6, 6.07) is 7.55. The van der Waals surface area contributed by atoms with Gasteiger partial charge in [0.25, 0.3) is 0 Å². The molecule has 1 aliphatic heterocycles. The molecule has 0 aromatic heterocycles. The molecule has 1 heterocycles. The van der Waals surface area contributed by atoms with E-state index >= 15 is 0 Å². The Morgan fingerprint density at radius 2 is 2.11 bits per heavy atom. The van der Waals surface area contributed by atoms with E-state index in [0.717, 1.165) is 30.8 Å². The summed E-state index contributed by atoms with van der Waals surface area (Å²) in [5, 5.41) is 2.97. The maximum atomic E-state index is 12.0. The monoisotopic (exact) mass is 258 g/mol. The zero-order chi connectivity index (χ0) is 13.4. The fraction of sp³-hybridized carbons (Fsp3) is 0.467. The quantitative estimate of drug-likeness (QED) is 0.905. The van der Waals surface area contributed by atoms with Gasteiger partial charge in [-0.15, -0.1) is 0 Å². The molecule has 0 bridgehead atoms. The van der Waals surface area contributed by atoms with Crippen molar-refractivity contribution >= 4 is 23.2 Å². The third-order valence-electron chi connectivity index (χ3n) is 3.97. The maximum absolute atomic E-state index is 12.0. The van der Waals surface area contributed by atoms with Gasteiger partial charge in [-0.2, -0.15) is 0 Å². The van der Waals surface area contributed by atoms with Crippen molar-refractivity contribution < 1.29 is 9.59 Å². The Morgan fingerprint density at radius 3 is 2.74 bits per heavy atom. The molecule has 2 amide bonds. The summed E-state index contributed by atoms with van der Waals surface area (Å²) in [7, 11) is 0. The van der Waals surface area contributed by atoms with Crippen molar-refractivity contribution in [1.29, 1.82) is 0 Å². The lowest BCUT2D eigenvalue weighted by Gasteiger charge is -2.20. The van der Waals surface area contributed by atoms with Crippen molar-refractivity contribution in [3.8, 4) is 0 Å². The van der Waals surface area contributed by atoms with Crippen LogP contribution < -0.4 is 10.2 Å². The molecule has 1 N–H and O–H groups in total. The highest BCUT2D eigenvalue weighted by atomic mass is 16.2. The highest BCUT2D eigenvalue weighted by molar-refractivity contribution is 6.03. The molecule has 19 heavy (non-hydrogen) atoms. The smallest absolute Gasteiger partial charge is 0.227 e. The third-order valence-corrected chi connectivity index (χ3v) is 3.97. The highest BCUT2D eigenvalue weighted by Crippen LogP contribution is 2.39. The van der Waals surface area contributed by atoms with Crippen LogP contribution in [0.1, 0.15) is 26.2 Å². The average Bonchev–Trinajstić information content (AvgIpc) is 2.98. The molecule has 4 nitrogen and oxygen atoms in total. The van der Waals surface area contributed by atoms with Crippen molar-refractivity contribution in [3.63, 3.8) is 0 Å². The van der Waals surface area contributed by atoms with Gasteiger partial charge in [0.1, 0.15) is 0 Å². The summed E-state index contributed by atoms with van der Waals surface area (Å²) >= 11 is 0. The standard InChI is InChI=1S/C15H18N2O2/c1-10-9-11(10)15(19)16-12-5-2-3-6-13(12)17-8-4-7-14(17)18/h2-3,5-6,10-11H,4,7-9H2,1H3,(H,16,19). The molecule has 1 aromatic carbocycles. The normalized spacial score (nSPS) is 25.5. The van der Waals surface area contributed by atoms with Crippen LogP contribution in [-0.2, 0) is 9.59 Å². The minimum absolute atomic E-state index is 0.0756. The van der Waals surface area contributed by atoms with Crippen LogP contribution in [0.5, 0.6) is 0 Å². The Kier molecular flexibility index (Phi) is 3.01. The number of rotatable bonds is 3. The summed E-state index contributed by atoms with van der Waals surface area (Å²) in [4.78, 5) is 25.6. The number of nitrogens with one attached hydrogen (secondary N) is 1.